The van der Waals surface area contributed by atoms with Crippen LogP contribution in [-0.4, -0.2) is 24.8 Å². The molecule has 1 aliphatic heterocycles. The summed E-state index contributed by atoms with van der Waals surface area (Å²) >= 11 is 1.26. The van der Waals surface area contributed by atoms with Gasteiger partial charge < -0.3 is 5.32 Å². The Labute approximate surface area is 105 Å². The highest BCUT2D eigenvalue weighted by Gasteiger charge is 2.16. The Balaban J connectivity index is 1.99. The Morgan fingerprint density at radius 1 is 1.35 bits per heavy atom. The Morgan fingerprint density at radius 3 is 2.88 bits per heavy atom. The smallest absolute Gasteiger partial charge is 0.247 e. The molecule has 1 atom stereocenters. The molecular formula is C13H17F2NS. The minimum atomic E-state index is -2.24. The molecular weight excluding hydrogens is 240 g/mol. The lowest BCUT2D eigenvalue weighted by Gasteiger charge is -2.13. The Bertz CT molecular complexity index is 351. The predicted molar refractivity (Wildman–Crippen MR) is 67.9 cm³/mol. The Morgan fingerprint density at radius 2 is 2.18 bits per heavy atom. The molecule has 17 heavy (non-hydrogen) atoms. The first-order valence-electron chi connectivity index (χ1n) is 5.98. The van der Waals surface area contributed by atoms with Gasteiger partial charge in [0.25, 0.3) is 0 Å². The van der Waals surface area contributed by atoms with Crippen LogP contribution in [0.25, 0.3) is 0 Å². The lowest BCUT2D eigenvalue weighted by molar-refractivity contribution is 0.177. The van der Waals surface area contributed by atoms with Crippen LogP contribution < -0.4 is 5.32 Å². The fraction of sp³-hybridized carbons (Fsp3) is 0.538. The molecule has 1 nitrogen and oxygen atoms in total. The topological polar surface area (TPSA) is 12.0 Å². The van der Waals surface area contributed by atoms with Crippen LogP contribution in [0, 0.1) is 0 Å². The first kappa shape index (κ1) is 12.8. The van der Waals surface area contributed by atoms with Crippen molar-refractivity contribution in [2.75, 3.05) is 12.3 Å². The van der Waals surface area contributed by atoms with Gasteiger partial charge in [-0.3, -0.25) is 0 Å². The first-order valence-corrected chi connectivity index (χ1v) is 6.96. The van der Waals surface area contributed by atoms with Gasteiger partial charge in [-0.15, -0.1) is 11.8 Å². The van der Waals surface area contributed by atoms with Gasteiger partial charge in [0.05, 0.1) is 5.75 Å². The van der Waals surface area contributed by atoms with E-state index >= 15 is 0 Å². The molecule has 1 unspecified atom stereocenters. The number of benzene rings is 1. The van der Waals surface area contributed by atoms with E-state index < -0.39 is 6.43 Å². The standard InChI is InChI=1S/C13H17F2NS/c14-13(15)9-17-12-6-2-1-4-10(12)8-11-5-3-7-16-11/h1-2,4,6,11,13,16H,3,5,7-9H2. The molecule has 1 aromatic rings. The van der Waals surface area contributed by atoms with Gasteiger partial charge in [0.1, 0.15) is 0 Å². The number of halogens is 2. The SMILES string of the molecule is FC(F)CSc1ccccc1CC1CCCN1. The first-order chi connectivity index (χ1) is 8.25. The summed E-state index contributed by atoms with van der Waals surface area (Å²) in [7, 11) is 0. The maximum Gasteiger partial charge on any atom is 0.247 e. The molecule has 0 saturated carbocycles. The van der Waals surface area contributed by atoms with Gasteiger partial charge in [0, 0.05) is 10.9 Å². The van der Waals surface area contributed by atoms with Gasteiger partial charge in [0.2, 0.25) is 6.43 Å². The summed E-state index contributed by atoms with van der Waals surface area (Å²) in [5.74, 6) is -0.116. The summed E-state index contributed by atoms with van der Waals surface area (Å²) in [4.78, 5) is 1.00. The van der Waals surface area contributed by atoms with Crippen LogP contribution in [0.1, 0.15) is 18.4 Å². The van der Waals surface area contributed by atoms with Gasteiger partial charge in [-0.25, -0.2) is 8.78 Å². The highest BCUT2D eigenvalue weighted by atomic mass is 32.2. The highest BCUT2D eigenvalue weighted by Crippen LogP contribution is 2.26. The third kappa shape index (κ3) is 3.96. The van der Waals surface area contributed by atoms with E-state index in [9.17, 15) is 8.78 Å². The van der Waals surface area contributed by atoms with Crippen LogP contribution in [0.15, 0.2) is 29.2 Å². The molecule has 1 heterocycles. The monoisotopic (exact) mass is 257 g/mol. The average Bonchev–Trinajstić information content (AvgIpc) is 2.80. The molecule has 0 spiro atoms. The Hall–Kier alpha value is -0.610. The largest absolute Gasteiger partial charge is 0.314 e. The number of alkyl halides is 2. The van der Waals surface area contributed by atoms with E-state index in [-0.39, 0.29) is 5.75 Å². The molecule has 1 fully saturated rings. The normalized spacial score (nSPS) is 20.1. The molecule has 0 amide bonds. The second-order valence-corrected chi connectivity index (χ2v) is 5.37. The van der Waals surface area contributed by atoms with Gasteiger partial charge >= 0.3 is 0 Å². The van der Waals surface area contributed by atoms with Crippen LogP contribution in [0.4, 0.5) is 8.78 Å². The van der Waals surface area contributed by atoms with Crippen molar-refractivity contribution in [3.05, 3.63) is 29.8 Å². The zero-order valence-corrected chi connectivity index (χ0v) is 10.5. The maximum absolute atomic E-state index is 12.2. The zero-order chi connectivity index (χ0) is 12.1. The van der Waals surface area contributed by atoms with E-state index in [1.807, 2.05) is 24.3 Å². The quantitative estimate of drug-likeness (QED) is 0.812. The summed E-state index contributed by atoms with van der Waals surface area (Å²) in [6, 6.07) is 8.41. The van der Waals surface area contributed by atoms with Crippen LogP contribution in [0.5, 0.6) is 0 Å². The van der Waals surface area contributed by atoms with Crippen molar-refractivity contribution in [3.8, 4) is 0 Å². The van der Waals surface area contributed by atoms with Crippen molar-refractivity contribution >= 4 is 11.8 Å². The van der Waals surface area contributed by atoms with Crippen LogP contribution in [0.3, 0.4) is 0 Å². The molecule has 1 N–H and O–H groups in total. The molecule has 0 bridgehead atoms. The van der Waals surface area contributed by atoms with Crippen molar-refractivity contribution < 1.29 is 8.78 Å². The number of hydrogen-bond acceptors (Lipinski definition) is 2. The molecule has 4 heteroatoms. The summed E-state index contributed by atoms with van der Waals surface area (Å²) in [6.07, 6.45) is 1.12. The average molecular weight is 257 g/mol. The summed E-state index contributed by atoms with van der Waals surface area (Å²) < 4.78 is 24.4. The van der Waals surface area contributed by atoms with Crippen LogP contribution in [0.2, 0.25) is 0 Å². The molecule has 1 saturated heterocycles. The van der Waals surface area contributed by atoms with Gasteiger partial charge in [0.15, 0.2) is 0 Å². The van der Waals surface area contributed by atoms with E-state index in [4.69, 9.17) is 0 Å². The highest BCUT2D eigenvalue weighted by molar-refractivity contribution is 7.99. The number of nitrogens with one attached hydrogen (secondary N) is 1. The molecule has 94 valence electrons. The number of rotatable bonds is 5. The van der Waals surface area contributed by atoms with Gasteiger partial charge in [-0.2, -0.15) is 0 Å². The van der Waals surface area contributed by atoms with Crippen molar-refractivity contribution in [1.29, 1.82) is 0 Å². The zero-order valence-electron chi connectivity index (χ0n) is 9.66. The summed E-state index contributed by atoms with van der Waals surface area (Å²) in [6.45, 7) is 1.08. The van der Waals surface area contributed by atoms with E-state index in [2.05, 4.69) is 5.32 Å². The number of thioether (sulfide) groups is 1. The third-order valence-electron chi connectivity index (χ3n) is 2.97. The van der Waals surface area contributed by atoms with Crippen molar-refractivity contribution in [1.82, 2.24) is 5.32 Å². The third-order valence-corrected chi connectivity index (χ3v) is 4.09. The molecule has 1 aliphatic rings. The van der Waals surface area contributed by atoms with Crippen molar-refractivity contribution in [3.63, 3.8) is 0 Å². The second-order valence-electron chi connectivity index (χ2n) is 4.31. The maximum atomic E-state index is 12.2. The van der Waals surface area contributed by atoms with Crippen molar-refractivity contribution in [2.45, 2.75) is 36.6 Å². The van der Waals surface area contributed by atoms with E-state index in [1.54, 1.807) is 0 Å². The van der Waals surface area contributed by atoms with E-state index in [0.717, 1.165) is 17.9 Å². The van der Waals surface area contributed by atoms with Gasteiger partial charge in [-0.05, 0) is 37.4 Å². The van der Waals surface area contributed by atoms with E-state index in [0.29, 0.717) is 6.04 Å². The van der Waals surface area contributed by atoms with Crippen LogP contribution >= 0.6 is 11.8 Å². The number of hydrogen-bond donors (Lipinski definition) is 1. The minimum absolute atomic E-state index is 0.116. The van der Waals surface area contributed by atoms with Crippen LogP contribution in [-0.2, 0) is 6.42 Å². The second kappa shape index (κ2) is 6.36. The summed E-state index contributed by atoms with van der Waals surface area (Å²) in [5.41, 5.74) is 1.19. The van der Waals surface area contributed by atoms with Crippen molar-refractivity contribution in [2.24, 2.45) is 0 Å². The lowest BCUT2D eigenvalue weighted by Crippen LogP contribution is -2.23. The van der Waals surface area contributed by atoms with E-state index in [1.165, 1.54) is 30.2 Å². The molecule has 1 aromatic carbocycles. The minimum Gasteiger partial charge on any atom is -0.314 e. The van der Waals surface area contributed by atoms with Gasteiger partial charge in [-0.1, -0.05) is 18.2 Å². The molecule has 0 aromatic heterocycles. The molecule has 2 rings (SSSR count). The fourth-order valence-corrected chi connectivity index (χ4v) is 2.98. The lowest BCUT2D eigenvalue weighted by atomic mass is 10.0. The predicted octanol–water partition coefficient (Wildman–Crippen LogP) is 3.34. The molecule has 0 aliphatic carbocycles. The summed E-state index contributed by atoms with van der Waals surface area (Å²) in [5, 5.41) is 3.44. The fourth-order valence-electron chi connectivity index (χ4n) is 2.16. The molecule has 0 radical (unpaired) electrons. The Kier molecular flexibility index (Phi) is 4.80.